The van der Waals surface area contributed by atoms with Crippen LogP contribution in [-0.4, -0.2) is 34.0 Å². The normalized spacial score (nSPS) is 9.97. The summed E-state index contributed by atoms with van der Waals surface area (Å²) in [6, 6.07) is 66.2. The van der Waals surface area contributed by atoms with Gasteiger partial charge in [0.1, 0.15) is 0 Å². The van der Waals surface area contributed by atoms with Gasteiger partial charge in [-0.25, -0.2) is 10.6 Å². The monoisotopic (exact) mass is 936 g/mol. The summed E-state index contributed by atoms with van der Waals surface area (Å²) in [7, 11) is 0. The van der Waals surface area contributed by atoms with Crippen molar-refractivity contribution in [1.82, 2.24) is 16.3 Å². The van der Waals surface area contributed by atoms with Crippen LogP contribution in [0.15, 0.2) is 212 Å². The second-order valence-electron chi connectivity index (χ2n) is 15.7. The lowest BCUT2D eigenvalue weighted by Crippen LogP contribution is -2.42. The Bertz CT molecular complexity index is 2850. The third-order valence-corrected chi connectivity index (χ3v) is 10.6. The molecule has 0 spiro atoms. The van der Waals surface area contributed by atoms with Crippen molar-refractivity contribution < 1.29 is 29.1 Å². The van der Waals surface area contributed by atoms with Gasteiger partial charge in [-0.15, -0.1) is 0 Å². The predicted molar refractivity (Wildman–Crippen MR) is 273 cm³/mol. The Kier molecular flexibility index (Phi) is 20.4. The highest BCUT2D eigenvalue weighted by Gasteiger charge is 2.14. The van der Waals surface area contributed by atoms with Crippen molar-refractivity contribution in [3.8, 4) is 0 Å². The molecule has 11 heteroatoms. The number of hydrogen-bond acceptors (Lipinski definition) is 6. The van der Waals surface area contributed by atoms with Crippen LogP contribution in [0.4, 0.5) is 0 Å². The van der Waals surface area contributed by atoms with Crippen LogP contribution in [0.1, 0.15) is 96.3 Å². The zero-order valence-corrected chi connectivity index (χ0v) is 39.0. The van der Waals surface area contributed by atoms with Crippen molar-refractivity contribution in [1.29, 1.82) is 0 Å². The molecule has 0 unspecified atom stereocenters. The molecule has 0 aliphatic carbocycles. The second kappa shape index (κ2) is 27.3. The van der Waals surface area contributed by atoms with Gasteiger partial charge >= 0.3 is 5.97 Å². The second-order valence-corrected chi connectivity index (χ2v) is 16.0. The van der Waals surface area contributed by atoms with Crippen LogP contribution in [-0.2, 0) is 19.3 Å². The molecule has 8 rings (SSSR count). The minimum atomic E-state index is -0.869. The van der Waals surface area contributed by atoms with Gasteiger partial charge in [-0.2, -0.15) is 0 Å². The standard InChI is InChI=1S/C22H20N2O2.C14H11ClO.C14H12O2.C8H10N2O/c1-16-8-7-12-19(14-16)21(25)23-24-22(26)20-13-6-5-11-18(20)15-17-9-3-2-4-10-17;2*15-14(16)13-9-5-4-8-12(13)10-11-6-2-1-3-7-11;1-6-3-2-4-7(5-6)8(11)10-9/h2-14H,15H2,1H3,(H,23,25)(H,24,26);1-9H,10H2;1-9H,10H2,(H,15,16);2-5H,9H2,1H3,(H,10,11). The summed E-state index contributed by atoms with van der Waals surface area (Å²) in [5.41, 5.74) is 17.8. The number of aryl methyl sites for hydroxylation is 2. The molecule has 8 aromatic carbocycles. The smallest absolute Gasteiger partial charge is 0.335 e. The van der Waals surface area contributed by atoms with Crippen LogP contribution >= 0.6 is 11.6 Å². The molecular formula is C58H53ClN4O6. The van der Waals surface area contributed by atoms with E-state index in [-0.39, 0.29) is 17.7 Å². The number of carboxylic acids is 1. The number of aromatic carboxylic acids is 1. The van der Waals surface area contributed by atoms with Crippen LogP contribution in [0, 0.1) is 13.8 Å². The maximum atomic E-state index is 12.5. The van der Waals surface area contributed by atoms with Crippen molar-refractivity contribution in [2.24, 2.45) is 5.84 Å². The summed E-state index contributed by atoms with van der Waals surface area (Å²) in [5, 5.41) is 8.65. The number of nitrogens with two attached hydrogens (primary N) is 1. The van der Waals surface area contributed by atoms with Gasteiger partial charge in [0.15, 0.2) is 0 Å². The number of carbonyl (C=O) groups excluding carboxylic acids is 4. The van der Waals surface area contributed by atoms with Gasteiger partial charge in [-0.05, 0) is 121 Å². The van der Waals surface area contributed by atoms with E-state index in [9.17, 15) is 24.0 Å². The molecule has 69 heavy (non-hydrogen) atoms. The Labute approximate surface area is 407 Å². The van der Waals surface area contributed by atoms with Gasteiger partial charge in [-0.1, -0.05) is 181 Å². The quantitative estimate of drug-likeness (QED) is 0.0372. The van der Waals surface area contributed by atoms with E-state index >= 15 is 0 Å². The topological polar surface area (TPSA) is 168 Å². The van der Waals surface area contributed by atoms with Crippen LogP contribution in [0.5, 0.6) is 0 Å². The van der Waals surface area contributed by atoms with E-state index in [0.717, 1.165) is 45.4 Å². The minimum Gasteiger partial charge on any atom is -0.478 e. The molecule has 0 aliphatic heterocycles. The van der Waals surface area contributed by atoms with E-state index < -0.39 is 11.2 Å². The first-order chi connectivity index (χ1) is 33.4. The maximum absolute atomic E-state index is 12.5. The molecule has 0 fully saturated rings. The summed E-state index contributed by atoms with van der Waals surface area (Å²) in [6.07, 6.45) is 2.04. The van der Waals surface area contributed by atoms with E-state index in [2.05, 4.69) is 16.3 Å². The molecule has 348 valence electrons. The number of halogens is 1. The van der Waals surface area contributed by atoms with E-state index in [4.69, 9.17) is 22.6 Å². The van der Waals surface area contributed by atoms with Crippen molar-refractivity contribution in [2.45, 2.75) is 33.1 Å². The van der Waals surface area contributed by atoms with E-state index in [1.807, 2.05) is 172 Å². The molecule has 0 aliphatic rings. The van der Waals surface area contributed by atoms with Gasteiger partial charge < -0.3 is 5.11 Å². The highest BCUT2D eigenvalue weighted by molar-refractivity contribution is 6.67. The van der Waals surface area contributed by atoms with Crippen molar-refractivity contribution in [2.75, 3.05) is 0 Å². The average molecular weight is 938 g/mol. The van der Waals surface area contributed by atoms with Gasteiger partial charge in [0.2, 0.25) is 0 Å². The molecule has 3 amide bonds. The maximum Gasteiger partial charge on any atom is 0.335 e. The molecule has 0 saturated heterocycles. The number of carboxylic acid groups (broad SMARTS) is 1. The molecule has 8 aromatic rings. The van der Waals surface area contributed by atoms with Gasteiger partial charge in [0.05, 0.1) is 5.56 Å². The number of hydrogen-bond donors (Lipinski definition) is 5. The number of rotatable bonds is 11. The van der Waals surface area contributed by atoms with Crippen molar-refractivity contribution in [3.05, 3.63) is 285 Å². The lowest BCUT2D eigenvalue weighted by atomic mass is 9.99. The Morgan fingerprint density at radius 2 is 0.768 bits per heavy atom. The van der Waals surface area contributed by atoms with E-state index in [1.54, 1.807) is 54.6 Å². The van der Waals surface area contributed by atoms with Crippen molar-refractivity contribution >= 4 is 40.5 Å². The summed E-state index contributed by atoms with van der Waals surface area (Å²) in [4.78, 5) is 57.9. The first-order valence-electron chi connectivity index (χ1n) is 22.0. The molecule has 0 radical (unpaired) electrons. The fourth-order valence-corrected chi connectivity index (χ4v) is 7.19. The fourth-order valence-electron chi connectivity index (χ4n) is 7.00. The zero-order chi connectivity index (χ0) is 49.4. The fraction of sp³-hybridized carbons (Fsp3) is 0.0862. The van der Waals surface area contributed by atoms with Crippen LogP contribution < -0.4 is 22.1 Å². The third kappa shape index (κ3) is 17.1. The molecule has 6 N–H and O–H groups in total. The number of nitrogens with one attached hydrogen (secondary N) is 3. The molecular weight excluding hydrogens is 884 g/mol. The first kappa shape index (κ1) is 51.5. The van der Waals surface area contributed by atoms with E-state index in [0.29, 0.717) is 40.7 Å². The average Bonchev–Trinajstić information content (AvgIpc) is 3.37. The lowest BCUT2D eigenvalue weighted by molar-refractivity contribution is 0.0695. The number of nitrogen functional groups attached to an aromatic ring is 1. The number of amides is 3. The molecule has 0 bridgehead atoms. The van der Waals surface area contributed by atoms with Gasteiger partial charge in [0, 0.05) is 22.3 Å². The minimum absolute atomic E-state index is 0.256. The van der Waals surface area contributed by atoms with Crippen LogP contribution in [0.25, 0.3) is 0 Å². The van der Waals surface area contributed by atoms with Crippen LogP contribution in [0.2, 0.25) is 0 Å². The zero-order valence-electron chi connectivity index (χ0n) is 38.3. The SMILES string of the molecule is Cc1cccc(C(=O)NN)c1.Cc1cccc(C(=O)NNC(=O)c2ccccc2Cc2ccccc2)c1.O=C(Cl)c1ccccc1Cc1ccccc1.O=C(O)c1ccccc1Cc1ccccc1. The number of benzene rings is 8. The largest absolute Gasteiger partial charge is 0.478 e. The Hall–Kier alpha value is -8.44. The number of carbonyl (C=O) groups is 5. The molecule has 0 heterocycles. The lowest BCUT2D eigenvalue weighted by Gasteiger charge is -2.11. The van der Waals surface area contributed by atoms with E-state index in [1.165, 1.54) is 5.56 Å². The van der Waals surface area contributed by atoms with Gasteiger partial charge in [-0.3, -0.25) is 35.5 Å². The molecule has 10 nitrogen and oxygen atoms in total. The molecule has 0 aromatic heterocycles. The Morgan fingerprint density at radius 3 is 1.17 bits per heavy atom. The summed E-state index contributed by atoms with van der Waals surface area (Å²) in [5.74, 6) is 3.15. The highest BCUT2D eigenvalue weighted by Crippen LogP contribution is 2.18. The molecule has 0 saturated carbocycles. The highest BCUT2D eigenvalue weighted by atomic mass is 35.5. The first-order valence-corrected chi connectivity index (χ1v) is 22.3. The van der Waals surface area contributed by atoms with Crippen molar-refractivity contribution in [3.63, 3.8) is 0 Å². The third-order valence-electron chi connectivity index (χ3n) is 10.4. The Morgan fingerprint density at radius 1 is 0.420 bits per heavy atom. The Balaban J connectivity index is 0.000000180. The summed E-state index contributed by atoms with van der Waals surface area (Å²) in [6.45, 7) is 3.84. The molecule has 0 atom stereocenters. The number of hydrazine groups is 2. The summed E-state index contributed by atoms with van der Waals surface area (Å²) >= 11 is 5.54. The predicted octanol–water partition coefficient (Wildman–Crippen LogP) is 10.9. The van der Waals surface area contributed by atoms with Gasteiger partial charge in [0.25, 0.3) is 23.0 Å². The summed E-state index contributed by atoms with van der Waals surface area (Å²) < 4.78 is 0. The van der Waals surface area contributed by atoms with Crippen LogP contribution in [0.3, 0.4) is 0 Å².